The fourth-order valence-corrected chi connectivity index (χ4v) is 2.29. The molecular weight excluding hydrogens is 372 g/mol. The highest BCUT2D eigenvalue weighted by Gasteiger charge is 2.07. The Balaban J connectivity index is 1.87. The summed E-state index contributed by atoms with van der Waals surface area (Å²) in [7, 11) is 0. The molecule has 2 rings (SSSR count). The first kappa shape index (κ1) is 18.0. The molecule has 0 saturated heterocycles. The van der Waals surface area contributed by atoms with Gasteiger partial charge in [0, 0.05) is 15.8 Å². The number of hydrogen-bond donors (Lipinski definition) is 2. The number of nitrogens with one attached hydrogen (secondary N) is 2. The predicted octanol–water partition coefficient (Wildman–Crippen LogP) is 3.98. The van der Waals surface area contributed by atoms with E-state index in [9.17, 15) is 9.59 Å². The lowest BCUT2D eigenvalue weighted by molar-refractivity contribution is -0.114. The zero-order valence-electron chi connectivity index (χ0n) is 13.6. The van der Waals surface area contributed by atoms with E-state index in [4.69, 9.17) is 4.74 Å². The monoisotopic (exact) mass is 390 g/mol. The van der Waals surface area contributed by atoms with Crippen molar-refractivity contribution < 1.29 is 14.3 Å². The third kappa shape index (κ3) is 5.09. The lowest BCUT2D eigenvalue weighted by Gasteiger charge is -2.09. The second kappa shape index (κ2) is 8.49. The SMILES string of the molecule is CCOC(=O)c1ccc(NC(=O)CNc2ccc(Br)c(C)c2)cc1. The van der Waals surface area contributed by atoms with Crippen LogP contribution in [0.5, 0.6) is 0 Å². The third-order valence-electron chi connectivity index (χ3n) is 3.29. The van der Waals surface area contributed by atoms with Gasteiger partial charge in [0.1, 0.15) is 0 Å². The molecule has 1 amide bonds. The molecule has 2 aromatic rings. The van der Waals surface area contributed by atoms with Crippen molar-refractivity contribution >= 4 is 39.2 Å². The molecule has 6 heteroatoms. The second-order valence-electron chi connectivity index (χ2n) is 5.16. The fraction of sp³-hybridized carbons (Fsp3) is 0.222. The molecular formula is C18H19BrN2O3. The van der Waals surface area contributed by atoms with Crippen LogP contribution in [0.25, 0.3) is 0 Å². The lowest BCUT2D eigenvalue weighted by atomic mass is 10.2. The molecule has 2 N–H and O–H groups in total. The number of esters is 1. The van der Waals surface area contributed by atoms with Crippen LogP contribution in [0.1, 0.15) is 22.8 Å². The van der Waals surface area contributed by atoms with Crippen LogP contribution in [-0.2, 0) is 9.53 Å². The van der Waals surface area contributed by atoms with E-state index in [0.717, 1.165) is 15.7 Å². The maximum absolute atomic E-state index is 12.0. The Morgan fingerprint density at radius 2 is 1.75 bits per heavy atom. The Morgan fingerprint density at radius 1 is 1.08 bits per heavy atom. The van der Waals surface area contributed by atoms with Gasteiger partial charge in [0.05, 0.1) is 18.7 Å². The van der Waals surface area contributed by atoms with E-state index in [2.05, 4.69) is 26.6 Å². The van der Waals surface area contributed by atoms with Crippen LogP contribution >= 0.6 is 15.9 Å². The summed E-state index contributed by atoms with van der Waals surface area (Å²) >= 11 is 3.44. The zero-order chi connectivity index (χ0) is 17.5. The average molecular weight is 391 g/mol. The van der Waals surface area contributed by atoms with E-state index in [1.165, 1.54) is 0 Å². The van der Waals surface area contributed by atoms with Gasteiger partial charge in [0.15, 0.2) is 0 Å². The van der Waals surface area contributed by atoms with E-state index in [1.54, 1.807) is 31.2 Å². The average Bonchev–Trinajstić information content (AvgIpc) is 2.57. The number of carbonyl (C=O) groups is 2. The number of hydrogen-bond acceptors (Lipinski definition) is 4. The van der Waals surface area contributed by atoms with Crippen LogP contribution in [0.15, 0.2) is 46.9 Å². The van der Waals surface area contributed by atoms with E-state index in [1.807, 2.05) is 25.1 Å². The number of halogens is 1. The zero-order valence-corrected chi connectivity index (χ0v) is 15.1. The maximum Gasteiger partial charge on any atom is 0.338 e. The molecule has 0 unspecified atom stereocenters. The molecule has 0 saturated carbocycles. The molecule has 0 aliphatic rings. The molecule has 5 nitrogen and oxygen atoms in total. The van der Waals surface area contributed by atoms with Gasteiger partial charge in [-0.15, -0.1) is 0 Å². The van der Waals surface area contributed by atoms with Crippen molar-refractivity contribution in [3.8, 4) is 0 Å². The van der Waals surface area contributed by atoms with Crippen molar-refractivity contribution in [2.75, 3.05) is 23.8 Å². The number of aryl methyl sites for hydroxylation is 1. The summed E-state index contributed by atoms with van der Waals surface area (Å²) < 4.78 is 5.94. The molecule has 0 atom stereocenters. The van der Waals surface area contributed by atoms with E-state index < -0.39 is 0 Å². The lowest BCUT2D eigenvalue weighted by Crippen LogP contribution is -2.21. The van der Waals surface area contributed by atoms with E-state index in [0.29, 0.717) is 17.9 Å². The van der Waals surface area contributed by atoms with Crippen LogP contribution in [0, 0.1) is 6.92 Å². The number of amides is 1. The first-order chi connectivity index (χ1) is 11.5. The minimum atomic E-state index is -0.373. The van der Waals surface area contributed by atoms with Gasteiger partial charge in [-0.3, -0.25) is 4.79 Å². The van der Waals surface area contributed by atoms with Gasteiger partial charge in [-0.2, -0.15) is 0 Å². The smallest absolute Gasteiger partial charge is 0.338 e. The highest BCUT2D eigenvalue weighted by Crippen LogP contribution is 2.19. The Hall–Kier alpha value is -2.34. The Morgan fingerprint density at radius 3 is 2.38 bits per heavy atom. The molecule has 0 spiro atoms. The summed E-state index contributed by atoms with van der Waals surface area (Å²) in [5.74, 6) is -0.540. The molecule has 0 bridgehead atoms. The highest BCUT2D eigenvalue weighted by molar-refractivity contribution is 9.10. The molecule has 24 heavy (non-hydrogen) atoms. The quantitative estimate of drug-likeness (QED) is 0.731. The summed E-state index contributed by atoms with van der Waals surface area (Å²) in [6, 6.07) is 12.4. The Kier molecular flexibility index (Phi) is 6.37. The largest absolute Gasteiger partial charge is 0.462 e. The topological polar surface area (TPSA) is 67.4 Å². The van der Waals surface area contributed by atoms with Crippen molar-refractivity contribution in [2.45, 2.75) is 13.8 Å². The fourth-order valence-electron chi connectivity index (χ4n) is 2.05. The summed E-state index contributed by atoms with van der Waals surface area (Å²) in [5.41, 5.74) is 3.05. The summed E-state index contributed by atoms with van der Waals surface area (Å²) in [6.45, 7) is 4.23. The van der Waals surface area contributed by atoms with E-state index in [-0.39, 0.29) is 18.4 Å². The van der Waals surface area contributed by atoms with Crippen molar-refractivity contribution in [2.24, 2.45) is 0 Å². The van der Waals surface area contributed by atoms with Crippen molar-refractivity contribution in [3.63, 3.8) is 0 Å². The van der Waals surface area contributed by atoms with Gasteiger partial charge in [-0.25, -0.2) is 4.79 Å². The second-order valence-corrected chi connectivity index (χ2v) is 6.02. The third-order valence-corrected chi connectivity index (χ3v) is 4.18. The first-order valence-corrected chi connectivity index (χ1v) is 8.36. The van der Waals surface area contributed by atoms with Gasteiger partial charge in [-0.05, 0) is 61.9 Å². The van der Waals surface area contributed by atoms with Gasteiger partial charge in [-0.1, -0.05) is 15.9 Å². The molecule has 126 valence electrons. The maximum atomic E-state index is 12.0. The molecule has 2 aromatic carbocycles. The molecule has 0 heterocycles. The van der Waals surface area contributed by atoms with Crippen LogP contribution in [0.2, 0.25) is 0 Å². The minimum absolute atomic E-state index is 0.153. The number of carbonyl (C=O) groups excluding carboxylic acids is 2. The molecule has 0 aliphatic heterocycles. The summed E-state index contributed by atoms with van der Waals surface area (Å²) in [4.78, 5) is 23.6. The van der Waals surface area contributed by atoms with Crippen molar-refractivity contribution in [1.82, 2.24) is 0 Å². The Bertz CT molecular complexity index is 730. The van der Waals surface area contributed by atoms with Crippen LogP contribution in [0.3, 0.4) is 0 Å². The molecule has 0 aromatic heterocycles. The van der Waals surface area contributed by atoms with Gasteiger partial charge in [0.2, 0.25) is 5.91 Å². The first-order valence-electron chi connectivity index (χ1n) is 7.56. The van der Waals surface area contributed by atoms with Crippen LogP contribution < -0.4 is 10.6 Å². The Labute approximate surface area is 149 Å². The normalized spacial score (nSPS) is 10.1. The van der Waals surface area contributed by atoms with Crippen LogP contribution in [-0.4, -0.2) is 25.0 Å². The number of benzene rings is 2. The minimum Gasteiger partial charge on any atom is -0.462 e. The van der Waals surface area contributed by atoms with Crippen molar-refractivity contribution in [1.29, 1.82) is 0 Å². The number of ether oxygens (including phenoxy) is 1. The van der Waals surface area contributed by atoms with Gasteiger partial charge < -0.3 is 15.4 Å². The predicted molar refractivity (Wildman–Crippen MR) is 98.4 cm³/mol. The van der Waals surface area contributed by atoms with Gasteiger partial charge in [0.25, 0.3) is 0 Å². The highest BCUT2D eigenvalue weighted by atomic mass is 79.9. The number of rotatable bonds is 6. The molecule has 0 fully saturated rings. The van der Waals surface area contributed by atoms with Crippen molar-refractivity contribution in [3.05, 3.63) is 58.1 Å². The van der Waals surface area contributed by atoms with E-state index >= 15 is 0 Å². The molecule has 0 aliphatic carbocycles. The molecule has 0 radical (unpaired) electrons. The summed E-state index contributed by atoms with van der Waals surface area (Å²) in [5, 5.41) is 5.85. The van der Waals surface area contributed by atoms with Gasteiger partial charge >= 0.3 is 5.97 Å². The summed E-state index contributed by atoms with van der Waals surface area (Å²) in [6.07, 6.45) is 0. The van der Waals surface area contributed by atoms with Crippen LogP contribution in [0.4, 0.5) is 11.4 Å². The standard InChI is InChI=1S/C18H19BrN2O3/c1-3-24-18(23)13-4-6-14(7-5-13)21-17(22)11-20-15-8-9-16(19)12(2)10-15/h4-10,20H,3,11H2,1-2H3,(H,21,22). The number of anilines is 2.